The van der Waals surface area contributed by atoms with Gasteiger partial charge in [-0.2, -0.15) is 0 Å². The van der Waals surface area contributed by atoms with Gasteiger partial charge in [-0.25, -0.2) is 9.98 Å². The monoisotopic (exact) mass is 584 g/mol. The molecule has 0 saturated heterocycles. The molecule has 0 fully saturated rings. The van der Waals surface area contributed by atoms with E-state index in [0.29, 0.717) is 23.0 Å². The summed E-state index contributed by atoms with van der Waals surface area (Å²) in [6.45, 7) is 3.94. The summed E-state index contributed by atoms with van der Waals surface area (Å²) in [5, 5.41) is 6.53. The van der Waals surface area contributed by atoms with Crippen LogP contribution < -0.4 is 22.1 Å². The fourth-order valence-corrected chi connectivity index (χ4v) is 4.66. The number of nitrogens with two attached hydrogens (primary N) is 2. The van der Waals surface area contributed by atoms with Crippen molar-refractivity contribution in [2.24, 2.45) is 26.9 Å². The average Bonchev–Trinajstić information content (AvgIpc) is 2.94. The van der Waals surface area contributed by atoms with Gasteiger partial charge in [0.15, 0.2) is 11.7 Å². The molecule has 1 aliphatic heterocycles. The van der Waals surface area contributed by atoms with Gasteiger partial charge in [0.1, 0.15) is 5.04 Å². The number of anilines is 1. The molecule has 1 aromatic heterocycles. The molecule has 40 heavy (non-hydrogen) atoms. The fourth-order valence-electron chi connectivity index (χ4n) is 3.58. The van der Waals surface area contributed by atoms with Crippen molar-refractivity contribution in [1.82, 2.24) is 15.2 Å². The smallest absolute Gasteiger partial charge is 0.294 e. The number of rotatable bonds is 6. The Morgan fingerprint density at radius 3 is 2.52 bits per heavy atom. The van der Waals surface area contributed by atoms with Gasteiger partial charge < -0.3 is 27.0 Å². The minimum absolute atomic E-state index is 0.0602. The van der Waals surface area contributed by atoms with E-state index in [0.717, 1.165) is 19.4 Å². The van der Waals surface area contributed by atoms with Crippen molar-refractivity contribution < 1.29 is 14.4 Å². The van der Waals surface area contributed by atoms with Crippen LogP contribution in [0.4, 0.5) is 5.82 Å². The number of benzene rings is 1. The second-order valence-electron chi connectivity index (χ2n) is 9.62. The number of ketones is 1. The number of amides is 2. The predicted octanol–water partition coefficient (Wildman–Crippen LogP) is 2.93. The first kappa shape index (κ1) is 30.8. The summed E-state index contributed by atoms with van der Waals surface area (Å²) in [6.07, 6.45) is 6.52. The Morgan fingerprint density at radius 2 is 1.85 bits per heavy atom. The van der Waals surface area contributed by atoms with Gasteiger partial charge in [0.05, 0.1) is 5.02 Å². The van der Waals surface area contributed by atoms with Gasteiger partial charge in [-0.1, -0.05) is 42.4 Å². The molecule has 0 aliphatic carbocycles. The highest BCUT2D eigenvalue weighted by atomic mass is 35.5. The number of likely N-dealkylation sites (N-methyl/N-ethyl adjacent to an activating group) is 1. The predicted molar refractivity (Wildman–Crippen MR) is 160 cm³/mol. The summed E-state index contributed by atoms with van der Waals surface area (Å²) in [7, 11) is 2.99. The third-order valence-corrected chi connectivity index (χ3v) is 7.83. The number of nitrogens with one attached hydrogen (secondary N) is 2. The Labute approximate surface area is 242 Å². The van der Waals surface area contributed by atoms with E-state index in [-0.39, 0.29) is 33.2 Å². The maximum absolute atomic E-state index is 12.9. The van der Waals surface area contributed by atoms with Crippen molar-refractivity contribution in [2.45, 2.75) is 24.7 Å². The van der Waals surface area contributed by atoms with Gasteiger partial charge in [0.2, 0.25) is 5.78 Å². The molecule has 0 saturated carbocycles. The Morgan fingerprint density at radius 1 is 1.15 bits per heavy atom. The number of carbonyl (C=O) groups is 3. The minimum atomic E-state index is -0.664. The summed E-state index contributed by atoms with van der Waals surface area (Å²) < 4.78 is 0. The Bertz CT molecular complexity index is 1340. The third kappa shape index (κ3) is 8.13. The molecule has 2 aromatic rings. The van der Waals surface area contributed by atoms with E-state index in [4.69, 9.17) is 23.1 Å². The second kappa shape index (κ2) is 14.1. The molecule has 1 atom stereocenters. The fraction of sp³-hybridized carbons (Fsp3) is 0.333. The number of nitrogens with zero attached hydrogens (tertiary/aromatic N) is 4. The zero-order chi connectivity index (χ0) is 29.3. The van der Waals surface area contributed by atoms with Crippen molar-refractivity contribution >= 4 is 57.7 Å². The van der Waals surface area contributed by atoms with Crippen molar-refractivity contribution in [2.75, 3.05) is 39.0 Å². The maximum Gasteiger partial charge on any atom is 0.294 e. The first-order chi connectivity index (χ1) is 19.0. The number of hydrogen-bond donors (Lipinski definition) is 4. The van der Waals surface area contributed by atoms with Gasteiger partial charge in [0.25, 0.3) is 11.8 Å². The van der Waals surface area contributed by atoms with Gasteiger partial charge >= 0.3 is 0 Å². The second-order valence-corrected chi connectivity index (χ2v) is 11.0. The number of Topliss-reactive ketones (excluding diaryl/α,β-unsaturated/α-hetero) is 1. The molecule has 2 heterocycles. The van der Waals surface area contributed by atoms with E-state index in [9.17, 15) is 14.4 Å². The van der Waals surface area contributed by atoms with E-state index >= 15 is 0 Å². The highest BCUT2D eigenvalue weighted by Crippen LogP contribution is 2.33. The average molecular weight is 585 g/mol. The number of thioether (sulfide) groups is 1. The van der Waals surface area contributed by atoms with E-state index in [2.05, 4.69) is 32.5 Å². The van der Waals surface area contributed by atoms with Crippen LogP contribution in [0.1, 0.15) is 40.5 Å². The summed E-state index contributed by atoms with van der Waals surface area (Å²) in [6, 6.07) is 7.42. The van der Waals surface area contributed by atoms with Crippen molar-refractivity contribution in [3.63, 3.8) is 0 Å². The lowest BCUT2D eigenvalue weighted by Gasteiger charge is -2.27. The summed E-state index contributed by atoms with van der Waals surface area (Å²) in [4.78, 5) is 51.9. The molecule has 0 spiro atoms. The number of aromatic nitrogens is 1. The molecule has 0 radical (unpaired) electrons. The van der Waals surface area contributed by atoms with Crippen LogP contribution in [0.25, 0.3) is 0 Å². The maximum atomic E-state index is 12.9. The highest BCUT2D eigenvalue weighted by molar-refractivity contribution is 8.15. The van der Waals surface area contributed by atoms with Crippen LogP contribution in [0.3, 0.4) is 0 Å². The van der Waals surface area contributed by atoms with Gasteiger partial charge in [-0.05, 0) is 43.0 Å². The summed E-state index contributed by atoms with van der Waals surface area (Å²) in [5.41, 5.74) is 12.7. The van der Waals surface area contributed by atoms with Crippen molar-refractivity contribution in [3.05, 3.63) is 65.1 Å². The summed E-state index contributed by atoms with van der Waals surface area (Å²) >= 11 is 7.81. The molecule has 6 N–H and O–H groups in total. The first-order valence-electron chi connectivity index (χ1n) is 12.5. The van der Waals surface area contributed by atoms with Gasteiger partial charge in [-0.3, -0.25) is 19.4 Å². The van der Waals surface area contributed by atoms with Crippen molar-refractivity contribution in [3.8, 4) is 0 Å². The van der Waals surface area contributed by atoms with Crippen LogP contribution in [0.2, 0.25) is 5.02 Å². The Hall–Kier alpha value is -3.74. The topological polar surface area (TPSA) is 168 Å². The van der Waals surface area contributed by atoms with E-state index < -0.39 is 17.6 Å². The SMILES string of the molecule is CN(C)C(=O)C(=O)c1ccc(C(=O)Nc2nccc(SC3=N/C=C/NCCC(C)(CN)CCN=C3N)c2Cl)cc1. The quantitative estimate of drug-likeness (QED) is 0.297. The van der Waals surface area contributed by atoms with Crippen LogP contribution in [0.15, 0.2) is 63.8 Å². The molecule has 1 aliphatic rings. The molecule has 13 heteroatoms. The molecule has 11 nitrogen and oxygen atoms in total. The lowest BCUT2D eigenvalue weighted by Crippen LogP contribution is -2.32. The first-order valence-corrected chi connectivity index (χ1v) is 13.7. The molecule has 212 valence electrons. The molecule has 1 aromatic carbocycles. The third-order valence-electron chi connectivity index (χ3n) is 6.27. The molecule has 2 amide bonds. The number of carbonyl (C=O) groups excluding carboxylic acids is 3. The zero-order valence-electron chi connectivity index (χ0n) is 22.6. The number of pyridine rings is 1. The lowest BCUT2D eigenvalue weighted by atomic mass is 9.83. The van der Waals surface area contributed by atoms with Crippen LogP contribution in [0, 0.1) is 5.41 Å². The lowest BCUT2D eigenvalue weighted by molar-refractivity contribution is -0.124. The van der Waals surface area contributed by atoms with Crippen molar-refractivity contribution in [1.29, 1.82) is 0 Å². The summed E-state index contributed by atoms with van der Waals surface area (Å²) in [5.74, 6) is -1.41. The molecule has 3 rings (SSSR count). The Balaban J connectivity index is 1.77. The van der Waals surface area contributed by atoms with Gasteiger partial charge in [-0.15, -0.1) is 0 Å². The minimum Gasteiger partial charge on any atom is -0.390 e. The van der Waals surface area contributed by atoms with Crippen LogP contribution in [-0.2, 0) is 4.79 Å². The Kier molecular flexibility index (Phi) is 10.8. The number of aliphatic imine (C=N–C) groups is 2. The van der Waals surface area contributed by atoms with Crippen LogP contribution in [0.5, 0.6) is 0 Å². The standard InChI is InChI=1S/C27H33ClN8O3S/c1-27(16-29)9-12-31-14-15-34-25(22(30)32-13-10-27)40-19-8-11-33-23(20(19)28)35-24(38)18-6-4-17(5-7-18)21(37)26(39)36(2)3/h4-8,11,14-15,31H,9-10,12-13,16,29H2,1-3H3,(H2,30,32)(H,33,35,38)/b15-14+,34-25?. The van der Waals surface area contributed by atoms with E-state index in [1.165, 1.54) is 61.2 Å². The number of hydrogen-bond acceptors (Lipinski definition) is 10. The normalized spacial score (nSPS) is 18.6. The molecule has 1 unspecified atom stereocenters. The molecular formula is C27H33ClN8O3S. The molecular weight excluding hydrogens is 552 g/mol. The number of halogens is 1. The van der Waals surface area contributed by atoms with Crippen LogP contribution >= 0.6 is 23.4 Å². The van der Waals surface area contributed by atoms with Crippen LogP contribution in [-0.4, -0.2) is 72.1 Å². The molecule has 0 bridgehead atoms. The van der Waals surface area contributed by atoms with E-state index in [1.54, 1.807) is 18.5 Å². The number of amidine groups is 1. The largest absolute Gasteiger partial charge is 0.390 e. The van der Waals surface area contributed by atoms with E-state index in [1.807, 2.05) is 0 Å². The van der Waals surface area contributed by atoms with Gasteiger partial charge in [0, 0.05) is 61.8 Å². The zero-order valence-corrected chi connectivity index (χ0v) is 24.2. The highest BCUT2D eigenvalue weighted by Gasteiger charge is 2.23.